The van der Waals surface area contributed by atoms with Gasteiger partial charge in [0.15, 0.2) is 0 Å². The lowest BCUT2D eigenvalue weighted by Gasteiger charge is -2.14. The highest BCUT2D eigenvalue weighted by atomic mass is 32.2. The molecular formula is C25H24N6O7S2. The van der Waals surface area contributed by atoms with Crippen molar-refractivity contribution < 1.29 is 26.4 Å². The topological polar surface area (TPSA) is 185 Å². The zero-order valence-electron chi connectivity index (χ0n) is 21.4. The Labute approximate surface area is 229 Å². The fourth-order valence-corrected chi connectivity index (χ4v) is 5.82. The normalized spacial score (nSPS) is 11.6. The number of rotatable bonds is 8. The van der Waals surface area contributed by atoms with Gasteiger partial charge in [0.1, 0.15) is 5.82 Å². The van der Waals surface area contributed by atoms with Crippen LogP contribution in [0, 0.1) is 6.92 Å². The van der Waals surface area contributed by atoms with Crippen molar-refractivity contribution in [3.63, 3.8) is 0 Å². The average Bonchev–Trinajstić information content (AvgIpc) is 2.87. The molecule has 0 unspecified atom stereocenters. The van der Waals surface area contributed by atoms with Gasteiger partial charge >= 0.3 is 0 Å². The van der Waals surface area contributed by atoms with E-state index in [2.05, 4.69) is 25.2 Å². The molecule has 13 nitrogen and oxygen atoms in total. The Balaban J connectivity index is 1.65. The number of carbonyl (C=O) groups excluding carboxylic acids is 2. The first-order chi connectivity index (χ1) is 18.7. The van der Waals surface area contributed by atoms with Crippen LogP contribution in [-0.2, 0) is 29.6 Å². The molecule has 0 aliphatic heterocycles. The van der Waals surface area contributed by atoms with E-state index in [0.29, 0.717) is 16.1 Å². The zero-order chi connectivity index (χ0) is 29.2. The third-order valence-corrected chi connectivity index (χ3v) is 8.17. The molecule has 0 atom stereocenters. The number of aromatic nitrogens is 2. The van der Waals surface area contributed by atoms with E-state index in [1.54, 1.807) is 0 Å². The number of fused-ring (bicyclic) bond motifs is 1. The van der Waals surface area contributed by atoms with Crippen molar-refractivity contribution in [3.8, 4) is 0 Å². The Morgan fingerprint density at radius 2 is 1.23 bits per heavy atom. The summed E-state index contributed by atoms with van der Waals surface area (Å²) in [4.78, 5) is 41.7. The SMILES string of the molecule is CC(=O)Nc1ccc(NS(=O)(=O)c2ccc3nc(C)n(NS(=O)(=O)c4ccc(NC(C)=O)cc4)c(=O)c3c2)cc1. The Kier molecular flexibility index (Phi) is 7.61. The number of benzene rings is 3. The molecule has 0 fully saturated rings. The molecule has 208 valence electrons. The van der Waals surface area contributed by atoms with Crippen molar-refractivity contribution in [1.82, 2.24) is 9.66 Å². The molecule has 0 bridgehead atoms. The van der Waals surface area contributed by atoms with Crippen LogP contribution in [-0.4, -0.2) is 38.3 Å². The molecule has 0 saturated heterocycles. The van der Waals surface area contributed by atoms with Crippen LogP contribution >= 0.6 is 0 Å². The second-order valence-electron chi connectivity index (χ2n) is 8.64. The van der Waals surface area contributed by atoms with Crippen molar-refractivity contribution in [2.24, 2.45) is 0 Å². The van der Waals surface area contributed by atoms with Gasteiger partial charge < -0.3 is 10.6 Å². The predicted octanol–water partition coefficient (Wildman–Crippen LogP) is 2.35. The highest BCUT2D eigenvalue weighted by molar-refractivity contribution is 7.92. The molecule has 0 aliphatic rings. The number of carbonyl (C=O) groups is 2. The molecule has 3 aromatic carbocycles. The number of hydrogen-bond donors (Lipinski definition) is 4. The molecule has 40 heavy (non-hydrogen) atoms. The number of nitrogens with one attached hydrogen (secondary N) is 4. The fraction of sp³-hybridized carbons (Fsp3) is 0.120. The van der Waals surface area contributed by atoms with E-state index in [-0.39, 0.29) is 44.0 Å². The van der Waals surface area contributed by atoms with Crippen LogP contribution in [0.2, 0.25) is 0 Å². The minimum Gasteiger partial charge on any atom is -0.326 e. The molecule has 4 aromatic rings. The quantitative estimate of drug-likeness (QED) is 0.243. The molecule has 4 N–H and O–H groups in total. The van der Waals surface area contributed by atoms with Crippen LogP contribution in [0.25, 0.3) is 10.9 Å². The number of amides is 2. The van der Waals surface area contributed by atoms with Gasteiger partial charge in [-0.15, -0.1) is 0 Å². The van der Waals surface area contributed by atoms with E-state index in [1.807, 2.05) is 0 Å². The lowest BCUT2D eigenvalue weighted by molar-refractivity contribution is -0.115. The Morgan fingerprint density at radius 1 is 0.725 bits per heavy atom. The summed E-state index contributed by atoms with van der Waals surface area (Å²) in [5, 5.41) is 4.96. The molecule has 15 heteroatoms. The van der Waals surface area contributed by atoms with Crippen LogP contribution in [0.15, 0.2) is 81.3 Å². The summed E-state index contributed by atoms with van der Waals surface area (Å²) < 4.78 is 55.1. The maximum atomic E-state index is 13.3. The van der Waals surface area contributed by atoms with Crippen LogP contribution in [0.4, 0.5) is 17.1 Å². The lowest BCUT2D eigenvalue weighted by Crippen LogP contribution is -2.35. The van der Waals surface area contributed by atoms with E-state index in [4.69, 9.17) is 0 Å². The van der Waals surface area contributed by atoms with Gasteiger partial charge in [-0.3, -0.25) is 19.1 Å². The number of anilines is 3. The molecule has 2 amide bonds. The van der Waals surface area contributed by atoms with Crippen molar-refractivity contribution >= 4 is 59.8 Å². The van der Waals surface area contributed by atoms with Crippen molar-refractivity contribution in [1.29, 1.82) is 0 Å². The van der Waals surface area contributed by atoms with E-state index < -0.39 is 25.6 Å². The van der Waals surface area contributed by atoms with Crippen LogP contribution in [0.5, 0.6) is 0 Å². The Morgan fingerprint density at radius 3 is 1.77 bits per heavy atom. The van der Waals surface area contributed by atoms with Gasteiger partial charge in [0, 0.05) is 30.9 Å². The van der Waals surface area contributed by atoms with E-state index in [0.717, 1.165) is 6.07 Å². The van der Waals surface area contributed by atoms with E-state index in [1.165, 1.54) is 81.4 Å². The summed E-state index contributed by atoms with van der Waals surface area (Å²) in [6.07, 6.45) is 0. The molecule has 0 spiro atoms. The molecular weight excluding hydrogens is 560 g/mol. The van der Waals surface area contributed by atoms with Gasteiger partial charge in [-0.1, -0.05) is 0 Å². The average molecular weight is 585 g/mol. The summed E-state index contributed by atoms with van der Waals surface area (Å²) in [7, 11) is -8.41. The van der Waals surface area contributed by atoms with E-state index >= 15 is 0 Å². The predicted molar refractivity (Wildman–Crippen MR) is 150 cm³/mol. The number of sulfonamides is 2. The highest BCUT2D eigenvalue weighted by Crippen LogP contribution is 2.21. The summed E-state index contributed by atoms with van der Waals surface area (Å²) in [6.45, 7) is 4.07. The standard InChI is InChI=1S/C25H24N6O7S2/c1-15-26-24-13-12-22(39(35,36)29-20-6-4-18(5-7-20)27-16(2)32)14-23(24)25(34)31(15)30-40(37,38)21-10-8-19(9-11-21)28-17(3)33/h4-14,29-30H,1-3H3,(H,27,32)(H,28,33). The van der Waals surface area contributed by atoms with Crippen molar-refractivity contribution in [2.75, 3.05) is 20.2 Å². The summed E-state index contributed by atoms with van der Waals surface area (Å²) in [5.74, 6) is -0.584. The maximum absolute atomic E-state index is 13.3. The molecule has 4 rings (SSSR count). The Hall–Kier alpha value is -4.76. The largest absolute Gasteiger partial charge is 0.326 e. The first-order valence-electron chi connectivity index (χ1n) is 11.6. The third kappa shape index (κ3) is 6.27. The van der Waals surface area contributed by atoms with Gasteiger partial charge in [-0.2, -0.15) is 13.1 Å². The molecule has 1 aromatic heterocycles. The first kappa shape index (κ1) is 28.3. The van der Waals surface area contributed by atoms with Crippen LogP contribution < -0.4 is 25.7 Å². The van der Waals surface area contributed by atoms with Gasteiger partial charge in [-0.25, -0.2) is 18.2 Å². The molecule has 0 radical (unpaired) electrons. The molecule has 0 saturated carbocycles. The summed E-state index contributed by atoms with van der Waals surface area (Å²) >= 11 is 0. The number of aryl methyl sites for hydroxylation is 1. The monoisotopic (exact) mass is 584 g/mol. The van der Waals surface area contributed by atoms with Gasteiger partial charge in [0.05, 0.1) is 20.7 Å². The molecule has 1 heterocycles. The zero-order valence-corrected chi connectivity index (χ0v) is 23.1. The Bertz CT molecular complexity index is 1900. The number of nitrogens with zero attached hydrogens (tertiary/aromatic N) is 2. The van der Waals surface area contributed by atoms with Crippen molar-refractivity contribution in [3.05, 3.63) is 82.9 Å². The lowest BCUT2D eigenvalue weighted by atomic mass is 10.2. The maximum Gasteiger partial charge on any atom is 0.280 e. The van der Waals surface area contributed by atoms with Crippen LogP contribution in [0.1, 0.15) is 19.7 Å². The van der Waals surface area contributed by atoms with E-state index in [9.17, 15) is 31.2 Å². The van der Waals surface area contributed by atoms with Gasteiger partial charge in [0.2, 0.25) is 11.8 Å². The first-order valence-corrected chi connectivity index (χ1v) is 14.6. The molecule has 0 aliphatic carbocycles. The second-order valence-corrected chi connectivity index (χ2v) is 12.0. The highest BCUT2D eigenvalue weighted by Gasteiger charge is 2.20. The summed E-state index contributed by atoms with van der Waals surface area (Å²) in [5.41, 5.74) is 0.409. The summed E-state index contributed by atoms with van der Waals surface area (Å²) in [6, 6.07) is 15.0. The smallest absolute Gasteiger partial charge is 0.280 e. The fourth-order valence-electron chi connectivity index (χ4n) is 3.68. The van der Waals surface area contributed by atoms with Crippen LogP contribution in [0.3, 0.4) is 0 Å². The number of hydrogen-bond acceptors (Lipinski definition) is 8. The minimum atomic E-state index is -4.26. The minimum absolute atomic E-state index is 0.0175. The van der Waals surface area contributed by atoms with Crippen molar-refractivity contribution in [2.45, 2.75) is 30.6 Å². The van der Waals surface area contributed by atoms with Gasteiger partial charge in [0.25, 0.3) is 25.6 Å². The van der Waals surface area contributed by atoms with Gasteiger partial charge in [-0.05, 0) is 73.7 Å². The third-order valence-electron chi connectivity index (χ3n) is 5.47. The second kappa shape index (κ2) is 10.8.